The first kappa shape index (κ1) is 21.8. The van der Waals surface area contributed by atoms with Gasteiger partial charge in [-0.25, -0.2) is 4.79 Å². The van der Waals surface area contributed by atoms with Gasteiger partial charge in [-0.15, -0.1) is 12.3 Å². The summed E-state index contributed by atoms with van der Waals surface area (Å²) in [5.74, 6) is 0.133. The maximum absolute atomic E-state index is 12.2. The van der Waals surface area contributed by atoms with Crippen molar-refractivity contribution in [2.45, 2.75) is 19.4 Å². The number of carbonyl (C=O) groups is 3. The SMILES string of the molecule is C#CCC(NC(=O)CNC(=O)c1ccc(Cl)c(NC(=N)N)c1)C(=O)OCC. The second-order valence-corrected chi connectivity index (χ2v) is 5.60. The Bertz CT molecular complexity index is 775. The highest BCUT2D eigenvalue weighted by molar-refractivity contribution is 6.33. The summed E-state index contributed by atoms with van der Waals surface area (Å²) in [7, 11) is 0. The number of hydrogen-bond donors (Lipinski definition) is 5. The van der Waals surface area contributed by atoms with E-state index in [2.05, 4.69) is 21.9 Å². The third-order valence-electron chi connectivity index (χ3n) is 3.14. The lowest BCUT2D eigenvalue weighted by Crippen LogP contribution is -2.46. The molecule has 27 heavy (non-hydrogen) atoms. The number of carbonyl (C=O) groups excluding carboxylic acids is 3. The van der Waals surface area contributed by atoms with Crippen molar-refractivity contribution in [1.82, 2.24) is 10.6 Å². The van der Waals surface area contributed by atoms with Crippen LogP contribution in [0.15, 0.2) is 18.2 Å². The average Bonchev–Trinajstić information content (AvgIpc) is 2.61. The lowest BCUT2D eigenvalue weighted by molar-refractivity contribution is -0.147. The van der Waals surface area contributed by atoms with Crippen LogP contribution in [0.1, 0.15) is 23.7 Å². The molecule has 1 unspecified atom stereocenters. The van der Waals surface area contributed by atoms with E-state index < -0.39 is 23.8 Å². The largest absolute Gasteiger partial charge is 0.464 e. The van der Waals surface area contributed by atoms with Gasteiger partial charge in [0.2, 0.25) is 5.91 Å². The minimum atomic E-state index is -0.985. The van der Waals surface area contributed by atoms with E-state index in [9.17, 15) is 14.4 Å². The van der Waals surface area contributed by atoms with Gasteiger partial charge in [0.15, 0.2) is 5.96 Å². The summed E-state index contributed by atoms with van der Waals surface area (Å²) in [6, 6.07) is 3.30. The fraction of sp³-hybridized carbons (Fsp3) is 0.294. The number of esters is 1. The van der Waals surface area contributed by atoms with Gasteiger partial charge >= 0.3 is 5.97 Å². The fourth-order valence-electron chi connectivity index (χ4n) is 1.97. The zero-order chi connectivity index (χ0) is 20.4. The Morgan fingerprint density at radius 1 is 1.41 bits per heavy atom. The highest BCUT2D eigenvalue weighted by atomic mass is 35.5. The predicted molar refractivity (Wildman–Crippen MR) is 101 cm³/mol. The van der Waals surface area contributed by atoms with Crippen molar-refractivity contribution in [2.75, 3.05) is 18.5 Å². The Morgan fingerprint density at radius 2 is 2.11 bits per heavy atom. The summed E-state index contributed by atoms with van der Waals surface area (Å²) < 4.78 is 4.82. The summed E-state index contributed by atoms with van der Waals surface area (Å²) in [6.07, 6.45) is 5.15. The Hall–Kier alpha value is -3.25. The molecule has 9 nitrogen and oxygen atoms in total. The highest BCUT2D eigenvalue weighted by Gasteiger charge is 2.21. The van der Waals surface area contributed by atoms with Gasteiger partial charge in [-0.3, -0.25) is 15.0 Å². The minimum Gasteiger partial charge on any atom is -0.464 e. The molecule has 0 saturated carbocycles. The van der Waals surface area contributed by atoms with Crippen molar-refractivity contribution in [3.05, 3.63) is 28.8 Å². The van der Waals surface area contributed by atoms with Gasteiger partial charge in [0.25, 0.3) is 5.91 Å². The van der Waals surface area contributed by atoms with Gasteiger partial charge in [0, 0.05) is 12.0 Å². The summed E-state index contributed by atoms with van der Waals surface area (Å²) >= 11 is 5.94. The Kier molecular flexibility index (Phi) is 8.62. The molecule has 144 valence electrons. The van der Waals surface area contributed by atoms with E-state index in [1.165, 1.54) is 18.2 Å². The van der Waals surface area contributed by atoms with E-state index in [1.54, 1.807) is 6.92 Å². The number of benzene rings is 1. The van der Waals surface area contributed by atoms with Crippen molar-refractivity contribution in [1.29, 1.82) is 5.41 Å². The number of rotatable bonds is 8. The Labute approximate surface area is 161 Å². The molecule has 6 N–H and O–H groups in total. The van der Waals surface area contributed by atoms with E-state index in [1.807, 2.05) is 0 Å². The molecule has 1 rings (SSSR count). The number of anilines is 1. The molecule has 1 aromatic rings. The molecule has 0 aliphatic heterocycles. The normalized spacial score (nSPS) is 10.9. The lowest BCUT2D eigenvalue weighted by atomic mass is 10.2. The first-order valence-corrected chi connectivity index (χ1v) is 8.24. The van der Waals surface area contributed by atoms with Gasteiger partial charge in [-0.1, -0.05) is 11.6 Å². The van der Waals surface area contributed by atoms with Crippen molar-refractivity contribution in [3.63, 3.8) is 0 Å². The lowest BCUT2D eigenvalue weighted by Gasteiger charge is -2.15. The molecule has 0 heterocycles. The van der Waals surface area contributed by atoms with Gasteiger partial charge in [0.05, 0.1) is 23.9 Å². The summed E-state index contributed by atoms with van der Waals surface area (Å²) in [4.78, 5) is 35.9. The second kappa shape index (κ2) is 10.7. The Morgan fingerprint density at radius 3 is 2.70 bits per heavy atom. The number of nitrogens with one attached hydrogen (secondary N) is 4. The number of hydrogen-bond acceptors (Lipinski definition) is 5. The van der Waals surface area contributed by atoms with Gasteiger partial charge in [-0.05, 0) is 25.1 Å². The quantitative estimate of drug-likeness (QED) is 0.187. The standard InChI is InChI=1S/C17H20ClN5O4/c1-3-5-12(16(26)27-4-2)22-14(24)9-21-15(25)10-6-7-11(18)13(8-10)23-17(19)20/h1,6-8,12H,4-5,9H2,2H3,(H,21,25)(H,22,24)(H4,19,20,23). The van der Waals surface area contributed by atoms with Crippen LogP contribution in [0, 0.1) is 17.8 Å². The van der Waals surface area contributed by atoms with E-state index in [-0.39, 0.29) is 41.8 Å². The molecule has 0 spiro atoms. The van der Waals surface area contributed by atoms with E-state index in [0.29, 0.717) is 0 Å². The molecule has 0 saturated heterocycles. The minimum absolute atomic E-state index is 0.0320. The molecule has 10 heteroatoms. The zero-order valence-electron chi connectivity index (χ0n) is 14.6. The summed E-state index contributed by atoms with van der Waals surface area (Å²) in [6.45, 7) is 1.41. The smallest absolute Gasteiger partial charge is 0.329 e. The number of amides is 2. The topological polar surface area (TPSA) is 146 Å². The first-order chi connectivity index (χ1) is 12.8. The van der Waals surface area contributed by atoms with Gasteiger partial charge in [0.1, 0.15) is 6.04 Å². The molecule has 0 aliphatic carbocycles. The fourth-order valence-corrected chi connectivity index (χ4v) is 2.13. The summed E-state index contributed by atoms with van der Waals surface area (Å²) in [5, 5.41) is 14.8. The molecular weight excluding hydrogens is 374 g/mol. The monoisotopic (exact) mass is 393 g/mol. The van der Waals surface area contributed by atoms with Crippen LogP contribution in [0.25, 0.3) is 0 Å². The third-order valence-corrected chi connectivity index (χ3v) is 3.47. The molecule has 0 aromatic heterocycles. The average molecular weight is 394 g/mol. The first-order valence-electron chi connectivity index (χ1n) is 7.86. The van der Waals surface area contributed by atoms with Crippen molar-refractivity contribution in [2.24, 2.45) is 5.73 Å². The van der Waals surface area contributed by atoms with Gasteiger partial charge in [-0.2, -0.15) is 0 Å². The molecule has 0 bridgehead atoms. The van der Waals surface area contributed by atoms with Crippen LogP contribution >= 0.6 is 11.6 Å². The summed E-state index contributed by atoms with van der Waals surface area (Å²) in [5.41, 5.74) is 5.71. The maximum Gasteiger partial charge on any atom is 0.329 e. The van der Waals surface area contributed by atoms with Crippen molar-refractivity contribution >= 4 is 41.0 Å². The van der Waals surface area contributed by atoms with Crippen LogP contribution in [0.3, 0.4) is 0 Å². The van der Waals surface area contributed by atoms with Crippen LogP contribution < -0.4 is 21.7 Å². The van der Waals surface area contributed by atoms with Crippen molar-refractivity contribution in [3.8, 4) is 12.3 Å². The molecule has 1 atom stereocenters. The molecule has 0 fully saturated rings. The van der Waals surface area contributed by atoms with Crippen molar-refractivity contribution < 1.29 is 19.1 Å². The van der Waals surface area contributed by atoms with Crippen LogP contribution in [-0.2, 0) is 14.3 Å². The molecule has 0 radical (unpaired) electrons. The van der Waals surface area contributed by atoms with Crippen LogP contribution in [0.4, 0.5) is 5.69 Å². The van der Waals surface area contributed by atoms with Crippen LogP contribution in [0.2, 0.25) is 5.02 Å². The number of nitrogens with two attached hydrogens (primary N) is 1. The van der Waals surface area contributed by atoms with E-state index >= 15 is 0 Å². The number of halogens is 1. The second-order valence-electron chi connectivity index (χ2n) is 5.20. The molecule has 2 amide bonds. The molecular formula is C17H20ClN5O4. The highest BCUT2D eigenvalue weighted by Crippen LogP contribution is 2.22. The van der Waals surface area contributed by atoms with E-state index in [4.69, 9.17) is 33.9 Å². The molecule has 0 aliphatic rings. The van der Waals surface area contributed by atoms with Gasteiger partial charge < -0.3 is 26.4 Å². The molecule has 1 aromatic carbocycles. The van der Waals surface area contributed by atoms with Crippen LogP contribution in [-0.4, -0.2) is 42.9 Å². The third kappa shape index (κ3) is 7.25. The zero-order valence-corrected chi connectivity index (χ0v) is 15.4. The Balaban J connectivity index is 2.67. The maximum atomic E-state index is 12.2. The van der Waals surface area contributed by atoms with Crippen LogP contribution in [0.5, 0.6) is 0 Å². The predicted octanol–water partition coefficient (Wildman–Crippen LogP) is 0.446. The number of ether oxygens (including phenoxy) is 1. The number of terminal acetylenes is 1. The number of guanidine groups is 1. The van der Waals surface area contributed by atoms with E-state index in [0.717, 1.165) is 0 Å².